The molecule has 0 fully saturated rings. The van der Waals surface area contributed by atoms with E-state index >= 15 is 0 Å². The number of carbonyl (C=O) groups is 1. The van der Waals surface area contributed by atoms with Crippen LogP contribution in [0.3, 0.4) is 0 Å². The van der Waals surface area contributed by atoms with Gasteiger partial charge in [-0.15, -0.1) is 12.4 Å². The number of aryl methyl sites for hydroxylation is 3. The molecule has 2 atom stereocenters. The summed E-state index contributed by atoms with van der Waals surface area (Å²) in [6, 6.07) is 3.98. The van der Waals surface area contributed by atoms with Crippen LogP contribution in [0.2, 0.25) is 0 Å². The topological polar surface area (TPSA) is 55.1 Å². The van der Waals surface area contributed by atoms with Crippen LogP contribution >= 0.6 is 12.4 Å². The maximum Gasteiger partial charge on any atom is 0.237 e. The van der Waals surface area contributed by atoms with Crippen LogP contribution in [0, 0.1) is 26.7 Å². The number of hydrogen-bond acceptors (Lipinski definition) is 2. The van der Waals surface area contributed by atoms with Gasteiger partial charge in [0.2, 0.25) is 5.91 Å². The highest BCUT2D eigenvalue weighted by molar-refractivity contribution is 5.85. The molecule has 1 aromatic rings. The fraction of sp³-hybridized carbons (Fsp3) is 0.588. The minimum absolute atomic E-state index is 0. The number of amides is 1. The number of carbonyl (C=O) groups excluding carboxylic acids is 1. The van der Waals surface area contributed by atoms with E-state index in [0.29, 0.717) is 6.54 Å². The second kappa shape index (κ2) is 9.06. The van der Waals surface area contributed by atoms with Crippen LogP contribution in [0.4, 0.5) is 0 Å². The molecule has 0 aliphatic rings. The summed E-state index contributed by atoms with van der Waals surface area (Å²) in [7, 11) is 0. The lowest BCUT2D eigenvalue weighted by Crippen LogP contribution is -2.45. The second-order valence-electron chi connectivity index (χ2n) is 5.83. The number of rotatable bonds is 6. The lowest BCUT2D eigenvalue weighted by molar-refractivity contribution is -0.123. The van der Waals surface area contributed by atoms with Crippen molar-refractivity contribution in [3.05, 3.63) is 34.4 Å². The molecule has 3 N–H and O–H groups in total. The van der Waals surface area contributed by atoms with Crippen molar-refractivity contribution in [3.63, 3.8) is 0 Å². The number of halogens is 1. The van der Waals surface area contributed by atoms with E-state index in [-0.39, 0.29) is 24.2 Å². The van der Waals surface area contributed by atoms with E-state index in [4.69, 9.17) is 5.73 Å². The zero-order chi connectivity index (χ0) is 15.3. The maximum atomic E-state index is 11.9. The Morgan fingerprint density at radius 2 is 1.76 bits per heavy atom. The van der Waals surface area contributed by atoms with Crippen LogP contribution in [0.25, 0.3) is 0 Å². The third-order valence-corrected chi connectivity index (χ3v) is 4.07. The van der Waals surface area contributed by atoms with Crippen molar-refractivity contribution in [1.82, 2.24) is 5.32 Å². The van der Waals surface area contributed by atoms with E-state index in [0.717, 1.165) is 12.8 Å². The van der Waals surface area contributed by atoms with Gasteiger partial charge in [0.05, 0.1) is 6.04 Å². The first kappa shape index (κ1) is 19.9. The van der Waals surface area contributed by atoms with Gasteiger partial charge in [0.15, 0.2) is 0 Å². The Labute approximate surface area is 135 Å². The summed E-state index contributed by atoms with van der Waals surface area (Å²) in [5.74, 6) is 0.180. The third-order valence-electron chi connectivity index (χ3n) is 4.07. The lowest BCUT2D eigenvalue weighted by Gasteiger charge is -2.18. The van der Waals surface area contributed by atoms with Gasteiger partial charge in [0, 0.05) is 6.54 Å². The molecule has 0 aliphatic heterocycles. The second-order valence-corrected chi connectivity index (χ2v) is 5.83. The molecule has 0 aliphatic carbocycles. The number of benzene rings is 1. The summed E-state index contributed by atoms with van der Waals surface area (Å²) < 4.78 is 0. The molecule has 0 saturated heterocycles. The van der Waals surface area contributed by atoms with Crippen molar-refractivity contribution in [2.75, 3.05) is 6.54 Å². The molecule has 1 aromatic carbocycles. The standard InChI is InChI=1S/C17H28N2O.ClH/c1-6-12(3)16(18)17(20)19-8-7-15-13(4)9-11(2)10-14(15)5;/h9-10,12,16H,6-8,18H2,1-5H3,(H,19,20);1H. The third kappa shape index (κ3) is 5.68. The molecule has 4 heteroatoms. The molecule has 0 spiro atoms. The maximum absolute atomic E-state index is 11.9. The van der Waals surface area contributed by atoms with E-state index in [2.05, 4.69) is 45.1 Å². The van der Waals surface area contributed by atoms with Gasteiger partial charge in [-0.05, 0) is 49.8 Å². The van der Waals surface area contributed by atoms with Crippen molar-refractivity contribution in [2.45, 2.75) is 53.5 Å². The molecule has 1 rings (SSSR count). The van der Waals surface area contributed by atoms with Gasteiger partial charge < -0.3 is 11.1 Å². The first-order valence-electron chi connectivity index (χ1n) is 7.46. The van der Waals surface area contributed by atoms with Gasteiger partial charge in [0.25, 0.3) is 0 Å². The smallest absolute Gasteiger partial charge is 0.237 e. The van der Waals surface area contributed by atoms with E-state index in [1.807, 2.05) is 6.92 Å². The Kier molecular flexibility index (Phi) is 8.60. The van der Waals surface area contributed by atoms with Crippen molar-refractivity contribution in [2.24, 2.45) is 11.7 Å². The molecule has 3 nitrogen and oxygen atoms in total. The van der Waals surface area contributed by atoms with Crippen LogP contribution in [-0.4, -0.2) is 18.5 Å². The Morgan fingerprint density at radius 3 is 2.24 bits per heavy atom. The Balaban J connectivity index is 0.00000400. The van der Waals surface area contributed by atoms with E-state index in [9.17, 15) is 4.79 Å². The summed E-state index contributed by atoms with van der Waals surface area (Å²) in [6.07, 6.45) is 1.78. The molecule has 0 heterocycles. The van der Waals surface area contributed by atoms with Crippen LogP contribution in [0.5, 0.6) is 0 Å². The van der Waals surface area contributed by atoms with Crippen LogP contribution in [-0.2, 0) is 11.2 Å². The average Bonchev–Trinajstić information content (AvgIpc) is 2.39. The summed E-state index contributed by atoms with van der Waals surface area (Å²) in [5.41, 5.74) is 11.1. The first-order valence-corrected chi connectivity index (χ1v) is 7.46. The van der Waals surface area contributed by atoms with Crippen LogP contribution in [0.1, 0.15) is 42.5 Å². The highest BCUT2D eigenvalue weighted by atomic mass is 35.5. The molecule has 0 saturated carbocycles. The molecule has 0 bridgehead atoms. The van der Waals surface area contributed by atoms with Gasteiger partial charge in [-0.3, -0.25) is 4.79 Å². The molecule has 21 heavy (non-hydrogen) atoms. The van der Waals surface area contributed by atoms with Gasteiger partial charge in [-0.25, -0.2) is 0 Å². The van der Waals surface area contributed by atoms with E-state index in [1.54, 1.807) is 0 Å². The Morgan fingerprint density at radius 1 is 1.24 bits per heavy atom. The fourth-order valence-electron chi connectivity index (χ4n) is 2.55. The highest BCUT2D eigenvalue weighted by Crippen LogP contribution is 2.16. The molecule has 2 unspecified atom stereocenters. The summed E-state index contributed by atoms with van der Waals surface area (Å²) in [6.45, 7) is 11.1. The number of nitrogens with two attached hydrogens (primary N) is 1. The van der Waals surface area contributed by atoms with E-state index < -0.39 is 6.04 Å². The van der Waals surface area contributed by atoms with Gasteiger partial charge in [-0.1, -0.05) is 38.0 Å². The minimum atomic E-state index is -0.403. The fourth-order valence-corrected chi connectivity index (χ4v) is 2.55. The SMILES string of the molecule is CCC(C)C(N)C(=O)NCCc1c(C)cc(C)cc1C.Cl. The quantitative estimate of drug-likeness (QED) is 0.848. The summed E-state index contributed by atoms with van der Waals surface area (Å²) >= 11 is 0. The number of hydrogen-bond donors (Lipinski definition) is 2. The zero-order valence-corrected chi connectivity index (χ0v) is 14.6. The van der Waals surface area contributed by atoms with Crippen molar-refractivity contribution in [1.29, 1.82) is 0 Å². The van der Waals surface area contributed by atoms with Gasteiger partial charge in [-0.2, -0.15) is 0 Å². The normalized spacial score (nSPS) is 13.2. The highest BCUT2D eigenvalue weighted by Gasteiger charge is 2.18. The molecular formula is C17H29ClN2O. The molecule has 0 aromatic heterocycles. The molecule has 0 radical (unpaired) electrons. The van der Waals surface area contributed by atoms with Crippen LogP contribution in [0.15, 0.2) is 12.1 Å². The van der Waals surface area contributed by atoms with Crippen molar-refractivity contribution in [3.8, 4) is 0 Å². The first-order chi connectivity index (χ1) is 9.36. The minimum Gasteiger partial charge on any atom is -0.354 e. The van der Waals surface area contributed by atoms with Gasteiger partial charge in [0.1, 0.15) is 0 Å². The number of nitrogens with one attached hydrogen (secondary N) is 1. The average molecular weight is 313 g/mol. The van der Waals surface area contributed by atoms with Gasteiger partial charge >= 0.3 is 0 Å². The van der Waals surface area contributed by atoms with Crippen molar-refractivity contribution >= 4 is 18.3 Å². The summed E-state index contributed by atoms with van der Waals surface area (Å²) in [4.78, 5) is 11.9. The lowest BCUT2D eigenvalue weighted by atomic mass is 9.97. The Bertz CT molecular complexity index is 451. The molecular weight excluding hydrogens is 284 g/mol. The predicted molar refractivity (Wildman–Crippen MR) is 92.0 cm³/mol. The molecule has 1 amide bonds. The largest absolute Gasteiger partial charge is 0.354 e. The molecule has 120 valence electrons. The Hall–Kier alpha value is -1.06. The zero-order valence-electron chi connectivity index (χ0n) is 13.8. The van der Waals surface area contributed by atoms with Crippen LogP contribution < -0.4 is 11.1 Å². The van der Waals surface area contributed by atoms with Crippen molar-refractivity contribution < 1.29 is 4.79 Å². The predicted octanol–water partition coefficient (Wildman–Crippen LogP) is 3.07. The summed E-state index contributed by atoms with van der Waals surface area (Å²) in [5, 5.41) is 2.95. The monoisotopic (exact) mass is 312 g/mol. The van der Waals surface area contributed by atoms with E-state index in [1.165, 1.54) is 22.3 Å².